The van der Waals surface area contributed by atoms with Gasteiger partial charge in [-0.15, -0.1) is 0 Å². The van der Waals surface area contributed by atoms with Crippen LogP contribution in [0.5, 0.6) is 0 Å². The maximum atomic E-state index is 10.3. The van der Waals surface area contributed by atoms with Crippen LogP contribution in [-0.4, -0.2) is 11.1 Å². The summed E-state index contributed by atoms with van der Waals surface area (Å²) in [5, 5.41) is 8.49. The van der Waals surface area contributed by atoms with E-state index in [1.807, 2.05) is 0 Å². The van der Waals surface area contributed by atoms with E-state index in [1.165, 1.54) is 0 Å². The van der Waals surface area contributed by atoms with Gasteiger partial charge in [-0.2, -0.15) is 0 Å². The number of carbonyl (C=O) groups is 1. The van der Waals surface area contributed by atoms with Crippen molar-refractivity contribution in [3.63, 3.8) is 0 Å². The highest BCUT2D eigenvalue weighted by Gasteiger charge is 1.92. The molecule has 0 aromatic heterocycles. The van der Waals surface area contributed by atoms with Crippen LogP contribution in [0.25, 0.3) is 0 Å². The Labute approximate surface area is 135 Å². The van der Waals surface area contributed by atoms with E-state index in [9.17, 15) is 4.79 Å². The van der Waals surface area contributed by atoms with Gasteiger partial charge in [0.2, 0.25) is 0 Å². The number of aliphatic carboxylic acids is 1. The van der Waals surface area contributed by atoms with Gasteiger partial charge in [0.25, 0.3) is 0 Å². The van der Waals surface area contributed by atoms with Gasteiger partial charge in [0.05, 0.1) is 0 Å². The van der Waals surface area contributed by atoms with E-state index >= 15 is 0 Å². The number of allylic oxidation sites excluding steroid dienone is 10. The Bertz CT molecular complexity index is 398. The molecule has 0 amide bonds. The summed E-state index contributed by atoms with van der Waals surface area (Å²) in [5.74, 6) is -0.715. The Kier molecular flexibility index (Phi) is 15.8. The van der Waals surface area contributed by atoms with E-state index in [0.717, 1.165) is 44.9 Å². The molecule has 22 heavy (non-hydrogen) atoms. The Morgan fingerprint density at radius 3 is 1.55 bits per heavy atom. The van der Waals surface area contributed by atoms with E-state index in [-0.39, 0.29) is 6.42 Å². The zero-order valence-corrected chi connectivity index (χ0v) is 13.8. The second-order valence-electron chi connectivity index (χ2n) is 4.99. The van der Waals surface area contributed by atoms with Crippen LogP contribution in [0.2, 0.25) is 0 Å². The lowest BCUT2D eigenvalue weighted by molar-refractivity contribution is -0.137. The first-order valence-corrected chi connectivity index (χ1v) is 8.24. The van der Waals surface area contributed by atoms with Crippen molar-refractivity contribution < 1.29 is 9.90 Å². The van der Waals surface area contributed by atoms with Crippen molar-refractivity contribution in [2.45, 2.75) is 58.3 Å². The standard InChI is InChI=1S/C20H30O2/c1-2-3-4-5-6-7-8-9-10-11-12-13-14-15-16-17-18-19-20(21)22/h3-4,6-7,9-10,12-13,15-16H,2,5,8,11,14,17-19H2,1H3,(H,21,22)/b4-3-,7-6+,10-9+,13-12+,16-15+. The van der Waals surface area contributed by atoms with Gasteiger partial charge in [-0.05, 0) is 44.9 Å². The molecule has 0 saturated heterocycles. The molecule has 0 aliphatic carbocycles. The predicted molar refractivity (Wildman–Crippen MR) is 95.9 cm³/mol. The van der Waals surface area contributed by atoms with Crippen LogP contribution in [0.15, 0.2) is 60.8 Å². The van der Waals surface area contributed by atoms with Crippen molar-refractivity contribution in [2.75, 3.05) is 0 Å². The molecule has 122 valence electrons. The molecule has 0 radical (unpaired) electrons. The maximum absolute atomic E-state index is 10.3. The molecule has 0 saturated carbocycles. The van der Waals surface area contributed by atoms with Crippen molar-refractivity contribution in [3.05, 3.63) is 60.8 Å². The highest BCUT2D eigenvalue weighted by atomic mass is 16.4. The summed E-state index contributed by atoms with van der Waals surface area (Å²) in [5.41, 5.74) is 0. The van der Waals surface area contributed by atoms with Gasteiger partial charge < -0.3 is 5.11 Å². The van der Waals surface area contributed by atoms with E-state index in [1.54, 1.807) is 0 Å². The van der Waals surface area contributed by atoms with E-state index in [4.69, 9.17) is 5.11 Å². The second-order valence-corrected chi connectivity index (χ2v) is 4.99. The molecule has 1 N–H and O–H groups in total. The second kappa shape index (κ2) is 17.2. The van der Waals surface area contributed by atoms with Crippen molar-refractivity contribution in [1.82, 2.24) is 0 Å². The molecule has 0 bridgehead atoms. The molecular weight excluding hydrogens is 272 g/mol. The number of rotatable bonds is 13. The molecule has 2 nitrogen and oxygen atoms in total. The molecule has 0 fully saturated rings. The van der Waals surface area contributed by atoms with Crippen LogP contribution in [0.4, 0.5) is 0 Å². The lowest BCUT2D eigenvalue weighted by atomic mass is 10.2. The number of carboxylic acids is 1. The Morgan fingerprint density at radius 2 is 1.14 bits per heavy atom. The molecule has 0 aromatic rings. The number of unbranched alkanes of at least 4 members (excludes halogenated alkanes) is 1. The lowest BCUT2D eigenvalue weighted by Gasteiger charge is -1.89. The molecular formula is C20H30O2. The van der Waals surface area contributed by atoms with Crippen molar-refractivity contribution in [2.24, 2.45) is 0 Å². The Balaban J connectivity index is 3.46. The zero-order chi connectivity index (χ0) is 16.3. The van der Waals surface area contributed by atoms with Crippen LogP contribution >= 0.6 is 0 Å². The van der Waals surface area contributed by atoms with Gasteiger partial charge in [-0.3, -0.25) is 4.79 Å². The third-order valence-corrected chi connectivity index (χ3v) is 2.92. The first-order chi connectivity index (χ1) is 10.8. The van der Waals surface area contributed by atoms with Crippen LogP contribution in [0.1, 0.15) is 58.3 Å². The fourth-order valence-electron chi connectivity index (χ4n) is 1.74. The first-order valence-electron chi connectivity index (χ1n) is 8.24. The SMILES string of the molecule is CC/C=C\C/C=C/C/C=C/C/C=C/C/C=C/CCCC(=O)O. The van der Waals surface area contributed by atoms with Crippen molar-refractivity contribution >= 4 is 5.97 Å². The quantitative estimate of drug-likeness (QED) is 0.335. The molecule has 0 aliphatic rings. The van der Waals surface area contributed by atoms with Gasteiger partial charge >= 0.3 is 5.97 Å². The summed E-state index contributed by atoms with van der Waals surface area (Å²) in [4.78, 5) is 10.3. The third kappa shape index (κ3) is 18.2. The van der Waals surface area contributed by atoms with E-state index in [0.29, 0.717) is 0 Å². The minimum Gasteiger partial charge on any atom is -0.481 e. The van der Waals surface area contributed by atoms with Gasteiger partial charge in [-0.25, -0.2) is 0 Å². The summed E-state index contributed by atoms with van der Waals surface area (Å²) in [7, 11) is 0. The minimum atomic E-state index is -0.715. The average molecular weight is 302 g/mol. The van der Waals surface area contributed by atoms with E-state index in [2.05, 4.69) is 67.7 Å². The van der Waals surface area contributed by atoms with E-state index < -0.39 is 5.97 Å². The lowest BCUT2D eigenvalue weighted by Crippen LogP contribution is -1.92. The van der Waals surface area contributed by atoms with Crippen LogP contribution in [0.3, 0.4) is 0 Å². The highest BCUT2D eigenvalue weighted by Crippen LogP contribution is 1.99. The first kappa shape index (κ1) is 20.2. The zero-order valence-electron chi connectivity index (χ0n) is 13.8. The molecule has 0 spiro atoms. The third-order valence-electron chi connectivity index (χ3n) is 2.92. The van der Waals surface area contributed by atoms with Crippen molar-refractivity contribution in [3.8, 4) is 0 Å². The normalized spacial score (nSPS) is 12.8. The minimum absolute atomic E-state index is 0.258. The Morgan fingerprint density at radius 1 is 0.727 bits per heavy atom. The van der Waals surface area contributed by atoms with Gasteiger partial charge in [0, 0.05) is 6.42 Å². The molecule has 0 rings (SSSR count). The molecule has 2 heteroatoms. The molecule has 0 heterocycles. The fourth-order valence-corrected chi connectivity index (χ4v) is 1.74. The topological polar surface area (TPSA) is 37.3 Å². The van der Waals surface area contributed by atoms with Crippen LogP contribution in [0, 0.1) is 0 Å². The summed E-state index contributed by atoms with van der Waals surface area (Å²) < 4.78 is 0. The summed E-state index contributed by atoms with van der Waals surface area (Å²) in [6.45, 7) is 2.14. The van der Waals surface area contributed by atoms with Crippen molar-refractivity contribution in [1.29, 1.82) is 0 Å². The average Bonchev–Trinajstić information content (AvgIpc) is 2.50. The number of hydrogen-bond acceptors (Lipinski definition) is 1. The monoisotopic (exact) mass is 302 g/mol. The fraction of sp³-hybridized carbons (Fsp3) is 0.450. The van der Waals surface area contributed by atoms with Gasteiger partial charge in [0.1, 0.15) is 0 Å². The summed E-state index contributed by atoms with van der Waals surface area (Å²) >= 11 is 0. The predicted octanol–water partition coefficient (Wildman–Crippen LogP) is 5.99. The van der Waals surface area contributed by atoms with Gasteiger partial charge in [0.15, 0.2) is 0 Å². The molecule has 0 aliphatic heterocycles. The highest BCUT2D eigenvalue weighted by molar-refractivity contribution is 5.66. The van der Waals surface area contributed by atoms with Crippen LogP contribution < -0.4 is 0 Å². The summed E-state index contributed by atoms with van der Waals surface area (Å²) in [6, 6.07) is 0. The van der Waals surface area contributed by atoms with Gasteiger partial charge in [-0.1, -0.05) is 67.7 Å². The molecule has 0 unspecified atom stereocenters. The largest absolute Gasteiger partial charge is 0.481 e. The Hall–Kier alpha value is -1.83. The maximum Gasteiger partial charge on any atom is 0.303 e. The molecule has 0 atom stereocenters. The van der Waals surface area contributed by atoms with Crippen LogP contribution in [-0.2, 0) is 4.79 Å². The molecule has 0 aromatic carbocycles. The number of carboxylic acid groups (broad SMARTS) is 1. The number of hydrogen-bond donors (Lipinski definition) is 1. The smallest absolute Gasteiger partial charge is 0.303 e. The summed E-state index contributed by atoms with van der Waals surface area (Å²) in [6.07, 6.45) is 28.4.